The fourth-order valence-electron chi connectivity index (χ4n) is 2.48. The number of benzene rings is 1. The molecule has 1 aromatic rings. The van der Waals surface area contributed by atoms with Crippen LogP contribution in [0.2, 0.25) is 0 Å². The van der Waals surface area contributed by atoms with E-state index in [0.717, 1.165) is 18.5 Å². The van der Waals surface area contributed by atoms with Crippen LogP contribution in [0.15, 0.2) is 22.7 Å². The Morgan fingerprint density at radius 1 is 1.28 bits per heavy atom. The molecular formula is C15H23BrFN. The normalized spacial score (nSPS) is 14.8. The zero-order valence-electron chi connectivity index (χ0n) is 11.6. The highest BCUT2D eigenvalue weighted by molar-refractivity contribution is 9.10. The number of halogens is 2. The molecule has 1 N–H and O–H groups in total. The van der Waals surface area contributed by atoms with Crippen molar-refractivity contribution in [3.05, 3.63) is 34.1 Å². The van der Waals surface area contributed by atoms with Gasteiger partial charge in [0, 0.05) is 11.6 Å². The fraction of sp³-hybridized carbons (Fsp3) is 0.600. The zero-order valence-corrected chi connectivity index (χ0v) is 13.2. The summed E-state index contributed by atoms with van der Waals surface area (Å²) in [6.45, 7) is 9.51. The molecule has 0 amide bonds. The van der Waals surface area contributed by atoms with Crippen LogP contribution >= 0.6 is 15.9 Å². The predicted octanol–water partition coefficient (Wildman–Crippen LogP) is 4.92. The van der Waals surface area contributed by atoms with Gasteiger partial charge in [-0.25, -0.2) is 4.39 Å². The molecule has 0 aliphatic carbocycles. The summed E-state index contributed by atoms with van der Waals surface area (Å²) < 4.78 is 14.7. The second kappa shape index (κ2) is 7.25. The van der Waals surface area contributed by atoms with Crippen molar-refractivity contribution >= 4 is 15.9 Å². The van der Waals surface area contributed by atoms with Gasteiger partial charge in [-0.2, -0.15) is 0 Å². The standard InChI is InChI=1S/C15H23BrFN/c1-5-18-15(11(4)9-10(2)3)12-7-6-8-13(16)14(12)17/h6-8,10-11,15,18H,5,9H2,1-4H3. The van der Waals surface area contributed by atoms with Gasteiger partial charge < -0.3 is 5.32 Å². The number of hydrogen-bond acceptors (Lipinski definition) is 1. The SMILES string of the molecule is CCNC(c1cccc(Br)c1F)C(C)CC(C)C. The van der Waals surface area contributed by atoms with E-state index >= 15 is 0 Å². The minimum absolute atomic E-state index is 0.0786. The number of nitrogens with one attached hydrogen (secondary N) is 1. The third kappa shape index (κ3) is 4.06. The molecule has 0 saturated carbocycles. The first-order chi connectivity index (χ1) is 8.47. The average molecular weight is 316 g/mol. The minimum Gasteiger partial charge on any atom is -0.310 e. The van der Waals surface area contributed by atoms with Gasteiger partial charge in [0.2, 0.25) is 0 Å². The Kier molecular flexibility index (Phi) is 6.30. The van der Waals surface area contributed by atoms with Crippen LogP contribution in [0.4, 0.5) is 4.39 Å². The van der Waals surface area contributed by atoms with Crippen LogP contribution in [0.3, 0.4) is 0 Å². The van der Waals surface area contributed by atoms with Crippen molar-refractivity contribution in [2.45, 2.75) is 40.2 Å². The van der Waals surface area contributed by atoms with E-state index in [9.17, 15) is 4.39 Å². The summed E-state index contributed by atoms with van der Waals surface area (Å²) in [5.41, 5.74) is 0.763. The summed E-state index contributed by atoms with van der Waals surface area (Å²) >= 11 is 3.26. The highest BCUT2D eigenvalue weighted by Gasteiger charge is 2.22. The molecule has 0 fully saturated rings. The Morgan fingerprint density at radius 3 is 2.50 bits per heavy atom. The van der Waals surface area contributed by atoms with Crippen LogP contribution in [-0.4, -0.2) is 6.54 Å². The van der Waals surface area contributed by atoms with Crippen molar-refractivity contribution in [2.75, 3.05) is 6.54 Å². The maximum absolute atomic E-state index is 14.2. The molecule has 2 unspecified atom stereocenters. The molecule has 0 aliphatic heterocycles. The molecular weight excluding hydrogens is 293 g/mol. The Hall–Kier alpha value is -0.410. The van der Waals surface area contributed by atoms with Crippen LogP contribution < -0.4 is 5.32 Å². The Bertz CT molecular complexity index is 379. The molecule has 1 aromatic carbocycles. The average Bonchev–Trinajstić information content (AvgIpc) is 2.29. The second-order valence-electron chi connectivity index (χ2n) is 5.29. The fourth-order valence-corrected chi connectivity index (χ4v) is 2.86. The van der Waals surface area contributed by atoms with Crippen LogP contribution in [0.1, 0.15) is 45.7 Å². The molecule has 0 heterocycles. The molecule has 0 saturated heterocycles. The summed E-state index contributed by atoms with van der Waals surface area (Å²) in [5.74, 6) is 0.893. The van der Waals surface area contributed by atoms with E-state index in [2.05, 4.69) is 48.9 Å². The molecule has 0 spiro atoms. The summed E-state index contributed by atoms with van der Waals surface area (Å²) in [5, 5.41) is 3.41. The van der Waals surface area contributed by atoms with Crippen molar-refractivity contribution in [2.24, 2.45) is 11.8 Å². The van der Waals surface area contributed by atoms with Crippen molar-refractivity contribution in [3.8, 4) is 0 Å². The molecule has 2 atom stereocenters. The van der Waals surface area contributed by atoms with Gasteiger partial charge in [0.15, 0.2) is 0 Å². The molecule has 3 heteroatoms. The quantitative estimate of drug-likeness (QED) is 0.785. The third-order valence-corrected chi connectivity index (χ3v) is 3.77. The van der Waals surface area contributed by atoms with Gasteiger partial charge in [-0.05, 0) is 46.8 Å². The smallest absolute Gasteiger partial charge is 0.142 e. The number of rotatable bonds is 6. The van der Waals surface area contributed by atoms with E-state index in [-0.39, 0.29) is 11.9 Å². The summed E-state index contributed by atoms with van der Waals surface area (Å²) in [6.07, 6.45) is 1.09. The second-order valence-corrected chi connectivity index (χ2v) is 6.14. The van der Waals surface area contributed by atoms with Gasteiger partial charge >= 0.3 is 0 Å². The van der Waals surface area contributed by atoms with Crippen molar-refractivity contribution < 1.29 is 4.39 Å². The third-order valence-electron chi connectivity index (χ3n) is 3.15. The molecule has 1 nitrogen and oxygen atoms in total. The minimum atomic E-state index is -0.140. The topological polar surface area (TPSA) is 12.0 Å². The lowest BCUT2D eigenvalue weighted by molar-refractivity contribution is 0.325. The van der Waals surface area contributed by atoms with Crippen molar-refractivity contribution in [3.63, 3.8) is 0 Å². The first kappa shape index (κ1) is 15.6. The van der Waals surface area contributed by atoms with E-state index in [1.54, 1.807) is 6.07 Å². The van der Waals surface area contributed by atoms with E-state index < -0.39 is 0 Å². The highest BCUT2D eigenvalue weighted by Crippen LogP contribution is 2.31. The van der Waals surface area contributed by atoms with Gasteiger partial charge in [0.1, 0.15) is 5.82 Å². The van der Waals surface area contributed by atoms with Crippen LogP contribution in [-0.2, 0) is 0 Å². The Morgan fingerprint density at radius 2 is 1.94 bits per heavy atom. The van der Waals surface area contributed by atoms with E-state index in [4.69, 9.17) is 0 Å². The predicted molar refractivity (Wildman–Crippen MR) is 79.1 cm³/mol. The monoisotopic (exact) mass is 315 g/mol. The first-order valence-corrected chi connectivity index (χ1v) is 7.43. The van der Waals surface area contributed by atoms with E-state index in [1.165, 1.54) is 0 Å². The van der Waals surface area contributed by atoms with Crippen molar-refractivity contribution in [1.29, 1.82) is 0 Å². The van der Waals surface area contributed by atoms with Gasteiger partial charge in [0.25, 0.3) is 0 Å². The largest absolute Gasteiger partial charge is 0.310 e. The molecule has 0 radical (unpaired) electrons. The molecule has 18 heavy (non-hydrogen) atoms. The molecule has 1 rings (SSSR count). The Balaban J connectivity index is 3.00. The lowest BCUT2D eigenvalue weighted by Gasteiger charge is -2.27. The lowest BCUT2D eigenvalue weighted by Crippen LogP contribution is -2.28. The van der Waals surface area contributed by atoms with Crippen LogP contribution in [0.5, 0.6) is 0 Å². The van der Waals surface area contributed by atoms with Gasteiger partial charge in [0.05, 0.1) is 4.47 Å². The summed E-state index contributed by atoms with van der Waals surface area (Å²) in [7, 11) is 0. The maximum Gasteiger partial charge on any atom is 0.142 e. The highest BCUT2D eigenvalue weighted by atomic mass is 79.9. The van der Waals surface area contributed by atoms with E-state index in [0.29, 0.717) is 16.3 Å². The Labute approximate surface area is 118 Å². The van der Waals surface area contributed by atoms with Gasteiger partial charge in [-0.1, -0.05) is 39.8 Å². The van der Waals surface area contributed by atoms with Crippen LogP contribution in [0.25, 0.3) is 0 Å². The number of hydrogen-bond donors (Lipinski definition) is 1. The zero-order chi connectivity index (χ0) is 13.7. The molecule has 0 aromatic heterocycles. The summed E-state index contributed by atoms with van der Waals surface area (Å²) in [4.78, 5) is 0. The molecule has 0 bridgehead atoms. The lowest BCUT2D eigenvalue weighted by atomic mass is 9.87. The maximum atomic E-state index is 14.2. The van der Waals surface area contributed by atoms with Crippen molar-refractivity contribution in [1.82, 2.24) is 5.32 Å². The molecule has 0 aliphatic rings. The van der Waals surface area contributed by atoms with Crippen LogP contribution in [0, 0.1) is 17.7 Å². The van der Waals surface area contributed by atoms with Gasteiger partial charge in [-0.3, -0.25) is 0 Å². The van der Waals surface area contributed by atoms with E-state index in [1.807, 2.05) is 12.1 Å². The molecule has 102 valence electrons. The summed E-state index contributed by atoms with van der Waals surface area (Å²) in [6, 6.07) is 5.60. The van der Waals surface area contributed by atoms with Gasteiger partial charge in [-0.15, -0.1) is 0 Å². The first-order valence-electron chi connectivity index (χ1n) is 6.64.